The van der Waals surface area contributed by atoms with Gasteiger partial charge in [0.1, 0.15) is 17.2 Å². The van der Waals surface area contributed by atoms with Crippen LogP contribution in [-0.4, -0.2) is 43.6 Å². The van der Waals surface area contributed by atoms with E-state index in [1.54, 1.807) is 49.3 Å². The van der Waals surface area contributed by atoms with Crippen molar-refractivity contribution in [1.29, 1.82) is 0 Å². The Morgan fingerprint density at radius 3 is 2.50 bits per heavy atom. The van der Waals surface area contributed by atoms with Gasteiger partial charge in [0.05, 0.1) is 19.8 Å². The van der Waals surface area contributed by atoms with Crippen LogP contribution in [0.5, 0.6) is 17.2 Å². The van der Waals surface area contributed by atoms with Crippen molar-refractivity contribution < 1.29 is 23.8 Å². The fourth-order valence-corrected chi connectivity index (χ4v) is 4.06. The zero-order chi connectivity index (χ0) is 24.1. The van der Waals surface area contributed by atoms with Crippen LogP contribution in [0.15, 0.2) is 66.7 Å². The molecule has 176 valence electrons. The van der Waals surface area contributed by atoms with Gasteiger partial charge in [0.25, 0.3) is 11.8 Å². The number of amides is 2. The monoisotopic (exact) mass is 460 g/mol. The summed E-state index contributed by atoms with van der Waals surface area (Å²) in [6.07, 6.45) is 0.0510. The third-order valence-electron chi connectivity index (χ3n) is 5.84. The maximum atomic E-state index is 13.0. The summed E-state index contributed by atoms with van der Waals surface area (Å²) in [4.78, 5) is 27.6. The first-order valence-corrected chi connectivity index (χ1v) is 11.1. The average molecular weight is 461 g/mol. The van der Waals surface area contributed by atoms with Crippen molar-refractivity contribution in [2.75, 3.05) is 26.1 Å². The van der Waals surface area contributed by atoms with Crippen molar-refractivity contribution >= 4 is 17.5 Å². The van der Waals surface area contributed by atoms with Gasteiger partial charge in [0.2, 0.25) is 0 Å². The van der Waals surface area contributed by atoms with E-state index >= 15 is 0 Å². The summed E-state index contributed by atoms with van der Waals surface area (Å²) in [7, 11) is 3.17. The summed E-state index contributed by atoms with van der Waals surface area (Å²) < 4.78 is 16.7. The van der Waals surface area contributed by atoms with E-state index < -0.39 is 6.10 Å². The molecular weight excluding hydrogens is 432 g/mol. The summed E-state index contributed by atoms with van der Waals surface area (Å²) >= 11 is 0. The normalized spacial score (nSPS) is 15.1. The van der Waals surface area contributed by atoms with Gasteiger partial charge in [-0.1, -0.05) is 30.3 Å². The lowest BCUT2D eigenvalue weighted by molar-refractivity contribution is -0.137. The van der Waals surface area contributed by atoms with Gasteiger partial charge >= 0.3 is 0 Å². The Bertz CT molecular complexity index is 1190. The zero-order valence-electron chi connectivity index (χ0n) is 19.5. The van der Waals surface area contributed by atoms with Gasteiger partial charge in [-0.3, -0.25) is 9.59 Å². The van der Waals surface area contributed by atoms with Crippen LogP contribution < -0.4 is 19.5 Å². The molecule has 0 bridgehead atoms. The summed E-state index contributed by atoms with van der Waals surface area (Å²) in [5.41, 5.74) is 2.92. The van der Waals surface area contributed by atoms with Crippen molar-refractivity contribution in [3.05, 3.63) is 83.4 Å². The van der Waals surface area contributed by atoms with Crippen molar-refractivity contribution in [2.24, 2.45) is 0 Å². The first-order valence-electron chi connectivity index (χ1n) is 11.1. The number of anilines is 1. The molecule has 3 aromatic rings. The highest BCUT2D eigenvalue weighted by Gasteiger charge is 2.28. The Morgan fingerprint density at radius 1 is 1.03 bits per heavy atom. The van der Waals surface area contributed by atoms with Gasteiger partial charge in [0, 0.05) is 24.3 Å². The number of hydrogen-bond donors (Lipinski definition) is 1. The van der Waals surface area contributed by atoms with Gasteiger partial charge in [-0.25, -0.2) is 0 Å². The second-order valence-corrected chi connectivity index (χ2v) is 8.06. The highest BCUT2D eigenvalue weighted by atomic mass is 16.5. The van der Waals surface area contributed by atoms with E-state index in [2.05, 4.69) is 5.32 Å². The summed E-state index contributed by atoms with van der Waals surface area (Å²) in [5.74, 6) is 1.59. The quantitative estimate of drug-likeness (QED) is 0.569. The van der Waals surface area contributed by atoms with Gasteiger partial charge in [-0.15, -0.1) is 0 Å². The Hall–Kier alpha value is -4.00. The maximum Gasteiger partial charge on any atom is 0.263 e. The van der Waals surface area contributed by atoms with Gasteiger partial charge in [-0.05, 0) is 55.3 Å². The molecule has 7 heteroatoms. The molecule has 1 heterocycles. The SMILES string of the molecule is COc1ccccc1CCN1Cc2cc(NC(=O)c3ccccc3OC)ccc2O[C@H](C)C1=O. The molecular formula is C27H28N2O5. The second kappa shape index (κ2) is 10.3. The molecule has 0 saturated heterocycles. The Labute approximate surface area is 199 Å². The molecule has 34 heavy (non-hydrogen) atoms. The summed E-state index contributed by atoms with van der Waals surface area (Å²) in [6.45, 7) is 2.65. The number of nitrogens with zero attached hydrogens (tertiary/aromatic N) is 1. The van der Waals surface area contributed by atoms with Crippen molar-refractivity contribution in [3.8, 4) is 17.2 Å². The third kappa shape index (κ3) is 4.98. The number of para-hydroxylation sites is 2. The first-order chi connectivity index (χ1) is 16.5. The van der Waals surface area contributed by atoms with Crippen LogP contribution in [-0.2, 0) is 17.8 Å². The molecule has 1 aliphatic heterocycles. The number of ether oxygens (including phenoxy) is 3. The standard InChI is InChI=1S/C27H28N2O5/c1-18-27(31)29(15-14-19-8-4-6-10-23(19)32-2)17-20-16-21(12-13-24(20)34-18)28-26(30)22-9-5-7-11-25(22)33-3/h4-13,16,18H,14-15,17H2,1-3H3,(H,28,30)/t18-/m1/s1. The number of benzene rings is 3. The van der Waals surface area contributed by atoms with E-state index in [1.165, 1.54) is 7.11 Å². The van der Waals surface area contributed by atoms with E-state index in [1.807, 2.05) is 36.4 Å². The molecule has 7 nitrogen and oxygen atoms in total. The molecule has 3 aromatic carbocycles. The van der Waals surface area contributed by atoms with Crippen molar-refractivity contribution in [2.45, 2.75) is 26.0 Å². The van der Waals surface area contributed by atoms with Crippen molar-refractivity contribution in [3.63, 3.8) is 0 Å². The predicted octanol–water partition coefficient (Wildman–Crippen LogP) is 4.31. The molecule has 0 unspecified atom stereocenters. The van der Waals surface area contributed by atoms with Crippen LogP contribution in [0.3, 0.4) is 0 Å². The molecule has 0 aromatic heterocycles. The number of methoxy groups -OCH3 is 2. The fraction of sp³-hybridized carbons (Fsp3) is 0.259. The average Bonchev–Trinajstić information content (AvgIpc) is 2.98. The number of nitrogens with one attached hydrogen (secondary N) is 1. The van der Waals surface area contributed by atoms with E-state index in [9.17, 15) is 9.59 Å². The molecule has 0 fully saturated rings. The molecule has 1 N–H and O–H groups in total. The first kappa shape index (κ1) is 23.2. The molecule has 1 atom stereocenters. The van der Waals surface area contributed by atoms with Crippen LogP contribution in [0.2, 0.25) is 0 Å². The molecule has 4 rings (SSSR count). The van der Waals surface area contributed by atoms with Crippen LogP contribution in [0.1, 0.15) is 28.4 Å². The summed E-state index contributed by atoms with van der Waals surface area (Å²) in [6, 6.07) is 20.3. The third-order valence-corrected chi connectivity index (χ3v) is 5.84. The smallest absolute Gasteiger partial charge is 0.263 e. The molecule has 2 amide bonds. The summed E-state index contributed by atoms with van der Waals surface area (Å²) in [5, 5.41) is 2.92. The number of fused-ring (bicyclic) bond motifs is 1. The van der Waals surface area contributed by atoms with Crippen LogP contribution in [0.25, 0.3) is 0 Å². The second-order valence-electron chi connectivity index (χ2n) is 8.06. The minimum Gasteiger partial charge on any atom is -0.496 e. The van der Waals surface area contributed by atoms with E-state index in [4.69, 9.17) is 14.2 Å². The van der Waals surface area contributed by atoms with E-state index in [0.717, 1.165) is 16.9 Å². The predicted molar refractivity (Wildman–Crippen MR) is 130 cm³/mol. The lowest BCUT2D eigenvalue weighted by Crippen LogP contribution is -2.39. The molecule has 1 aliphatic rings. The van der Waals surface area contributed by atoms with Crippen LogP contribution in [0.4, 0.5) is 5.69 Å². The van der Waals surface area contributed by atoms with Gasteiger partial charge < -0.3 is 24.4 Å². The molecule has 0 saturated carbocycles. The highest BCUT2D eigenvalue weighted by molar-refractivity contribution is 6.06. The van der Waals surface area contributed by atoms with Crippen molar-refractivity contribution in [1.82, 2.24) is 4.90 Å². The van der Waals surface area contributed by atoms with E-state index in [-0.39, 0.29) is 11.8 Å². The molecule has 0 aliphatic carbocycles. The number of carbonyl (C=O) groups is 2. The van der Waals surface area contributed by atoms with E-state index in [0.29, 0.717) is 42.3 Å². The zero-order valence-corrected chi connectivity index (χ0v) is 19.5. The Kier molecular flexibility index (Phi) is 7.01. The molecule has 0 spiro atoms. The van der Waals surface area contributed by atoms with Crippen LogP contribution in [0, 0.1) is 0 Å². The van der Waals surface area contributed by atoms with Gasteiger partial charge in [-0.2, -0.15) is 0 Å². The fourth-order valence-electron chi connectivity index (χ4n) is 4.06. The lowest BCUT2D eigenvalue weighted by Gasteiger charge is -2.22. The number of carbonyl (C=O) groups excluding carboxylic acids is 2. The Balaban J connectivity index is 1.53. The number of rotatable bonds is 7. The molecule has 0 radical (unpaired) electrons. The minimum absolute atomic E-state index is 0.0781. The highest BCUT2D eigenvalue weighted by Crippen LogP contribution is 2.30. The largest absolute Gasteiger partial charge is 0.496 e. The maximum absolute atomic E-state index is 13.0. The minimum atomic E-state index is -0.604. The topological polar surface area (TPSA) is 77.1 Å². The van der Waals surface area contributed by atoms with Gasteiger partial charge in [0.15, 0.2) is 6.10 Å². The Morgan fingerprint density at radius 2 is 1.74 bits per heavy atom. The van der Waals surface area contributed by atoms with Crippen LogP contribution >= 0.6 is 0 Å². The lowest BCUT2D eigenvalue weighted by atomic mass is 10.1. The number of hydrogen-bond acceptors (Lipinski definition) is 5.